The van der Waals surface area contributed by atoms with Gasteiger partial charge in [-0.3, -0.25) is 0 Å². The molecule has 3 atom stereocenters. The Morgan fingerprint density at radius 2 is 2.07 bits per heavy atom. The fraction of sp³-hybridized carbons (Fsp3) is 0.312. The zero-order valence-corrected chi connectivity index (χ0v) is 14.1. The van der Waals surface area contributed by atoms with E-state index >= 15 is 0 Å². The third-order valence-electron chi connectivity index (χ3n) is 4.28. The van der Waals surface area contributed by atoms with Crippen molar-refractivity contribution in [2.75, 3.05) is 12.3 Å². The lowest BCUT2D eigenvalue weighted by Crippen LogP contribution is -2.40. The molecule has 1 fully saturated rings. The van der Waals surface area contributed by atoms with E-state index in [1.807, 2.05) is 0 Å². The number of carbonyl (C=O) groups excluding carboxylic acids is 1. The first-order valence-electron chi connectivity index (χ1n) is 8.14. The molecule has 0 spiro atoms. The Hall–Kier alpha value is -3.25. The molecule has 3 heterocycles. The monoisotopic (exact) mass is 392 g/mol. The Labute approximate surface area is 155 Å². The second-order valence-corrected chi connectivity index (χ2v) is 6.08. The van der Waals surface area contributed by atoms with E-state index in [0.717, 1.165) is 11.0 Å². The van der Waals surface area contributed by atoms with Crippen molar-refractivity contribution in [3.05, 3.63) is 42.2 Å². The number of halogens is 2. The van der Waals surface area contributed by atoms with E-state index in [9.17, 15) is 18.7 Å². The van der Waals surface area contributed by atoms with Gasteiger partial charge in [0, 0.05) is 0 Å². The van der Waals surface area contributed by atoms with Gasteiger partial charge in [0.05, 0.1) is 5.56 Å². The summed E-state index contributed by atoms with van der Waals surface area (Å²) in [4.78, 5) is 19.5. The fourth-order valence-electron chi connectivity index (χ4n) is 2.83. The summed E-state index contributed by atoms with van der Waals surface area (Å²) in [5, 5.41) is 17.3. The number of benzene rings is 1. The van der Waals surface area contributed by atoms with Crippen molar-refractivity contribution in [3.8, 4) is 0 Å². The number of nitrogens with zero attached hydrogens (tertiary/aromatic N) is 5. The van der Waals surface area contributed by atoms with E-state index in [1.165, 1.54) is 12.1 Å². The van der Waals surface area contributed by atoms with E-state index in [-0.39, 0.29) is 22.5 Å². The van der Waals surface area contributed by atoms with Gasteiger partial charge >= 0.3 is 11.9 Å². The van der Waals surface area contributed by atoms with Crippen LogP contribution >= 0.6 is 0 Å². The van der Waals surface area contributed by atoms with Crippen LogP contribution in [0.5, 0.6) is 0 Å². The van der Waals surface area contributed by atoms with Crippen LogP contribution in [0.3, 0.4) is 0 Å². The minimum Gasteiger partial charge on any atom is -0.459 e. The number of hydrogen-bond donors (Lipinski definition) is 2. The second kappa shape index (κ2) is 6.73. The molecule has 1 saturated heterocycles. The van der Waals surface area contributed by atoms with Crippen LogP contribution in [-0.2, 0) is 9.47 Å². The molecular formula is C16H14F2N6O4. The Kier molecular flexibility index (Phi) is 4.35. The maximum absolute atomic E-state index is 14.6. The van der Waals surface area contributed by atoms with Crippen molar-refractivity contribution in [1.82, 2.24) is 25.0 Å². The Balaban J connectivity index is 1.54. The molecule has 0 unspecified atom stereocenters. The quantitative estimate of drug-likeness (QED) is 0.610. The molecule has 10 nitrogen and oxygen atoms in total. The highest BCUT2D eigenvalue weighted by Gasteiger charge is 2.60. The summed E-state index contributed by atoms with van der Waals surface area (Å²) in [6.07, 6.45) is -4.66. The number of aromatic nitrogens is 5. The van der Waals surface area contributed by atoms with Gasteiger partial charge in [-0.05, 0) is 12.1 Å². The molecule has 0 radical (unpaired) electrons. The average Bonchev–Trinajstić information content (AvgIpc) is 3.21. The highest BCUT2D eigenvalue weighted by molar-refractivity contribution is 5.89. The predicted octanol–water partition coefficient (Wildman–Crippen LogP) is 0.554. The lowest BCUT2D eigenvalue weighted by Gasteiger charge is -2.19. The molecule has 0 saturated carbocycles. The lowest BCUT2D eigenvalue weighted by atomic mass is 10.1. The molecule has 4 rings (SSSR count). The zero-order valence-electron chi connectivity index (χ0n) is 14.1. The van der Waals surface area contributed by atoms with Gasteiger partial charge in [-0.2, -0.15) is 13.5 Å². The highest BCUT2D eigenvalue weighted by Crippen LogP contribution is 2.43. The third kappa shape index (κ3) is 2.92. The number of nitrogen functional groups attached to an aromatic ring is 1. The van der Waals surface area contributed by atoms with Crippen LogP contribution in [0.4, 0.5) is 14.6 Å². The Morgan fingerprint density at radius 1 is 1.32 bits per heavy atom. The van der Waals surface area contributed by atoms with E-state index < -0.39 is 36.9 Å². The molecule has 1 aromatic carbocycles. The van der Waals surface area contributed by atoms with E-state index in [4.69, 9.17) is 15.2 Å². The normalized spacial score (nSPS) is 23.8. The molecule has 1 aliphatic rings. The Morgan fingerprint density at radius 3 is 2.82 bits per heavy atom. The lowest BCUT2D eigenvalue weighted by molar-refractivity contribution is -0.142. The number of ether oxygens (including phenoxy) is 2. The highest BCUT2D eigenvalue weighted by atomic mass is 19.3. The number of esters is 1. The minimum absolute atomic E-state index is 0.0235. The van der Waals surface area contributed by atoms with Crippen molar-refractivity contribution in [1.29, 1.82) is 0 Å². The topological polar surface area (TPSA) is 138 Å². The summed E-state index contributed by atoms with van der Waals surface area (Å²) in [6, 6.07) is 8.00. The van der Waals surface area contributed by atoms with Crippen molar-refractivity contribution in [2.24, 2.45) is 0 Å². The first-order valence-corrected chi connectivity index (χ1v) is 8.14. The molecule has 28 heavy (non-hydrogen) atoms. The van der Waals surface area contributed by atoms with Crippen molar-refractivity contribution in [2.45, 2.75) is 24.4 Å². The molecule has 3 aromatic rings. The molecule has 146 valence electrons. The predicted molar refractivity (Wildman–Crippen MR) is 89.1 cm³/mol. The average molecular weight is 392 g/mol. The maximum atomic E-state index is 14.6. The van der Waals surface area contributed by atoms with Gasteiger partial charge in [-0.1, -0.05) is 23.4 Å². The van der Waals surface area contributed by atoms with E-state index in [1.54, 1.807) is 18.2 Å². The molecule has 12 heteroatoms. The van der Waals surface area contributed by atoms with Crippen molar-refractivity contribution < 1.29 is 28.2 Å². The Bertz CT molecular complexity index is 1010. The molecule has 3 N–H and O–H groups in total. The number of rotatable bonds is 4. The van der Waals surface area contributed by atoms with Gasteiger partial charge < -0.3 is 20.3 Å². The van der Waals surface area contributed by atoms with Gasteiger partial charge in [0.2, 0.25) is 6.23 Å². The van der Waals surface area contributed by atoms with Gasteiger partial charge in [0.25, 0.3) is 0 Å². The number of carbonyl (C=O) groups is 1. The van der Waals surface area contributed by atoms with Crippen LogP contribution in [-0.4, -0.2) is 60.8 Å². The first kappa shape index (κ1) is 18.1. The van der Waals surface area contributed by atoms with Crippen LogP contribution in [0.15, 0.2) is 36.7 Å². The maximum Gasteiger partial charge on any atom is 0.338 e. The van der Waals surface area contributed by atoms with Gasteiger partial charge in [0.1, 0.15) is 19.0 Å². The van der Waals surface area contributed by atoms with Gasteiger partial charge in [-0.25, -0.2) is 14.8 Å². The third-order valence-corrected chi connectivity index (χ3v) is 4.28. The van der Waals surface area contributed by atoms with Crippen LogP contribution in [0, 0.1) is 0 Å². The molecule has 1 aliphatic heterocycles. The number of aliphatic hydroxyl groups is 1. The summed E-state index contributed by atoms with van der Waals surface area (Å²) in [6.45, 7) is -0.579. The number of hydrogen-bond acceptors (Lipinski definition) is 9. The number of fused-ring (bicyclic) bond motifs is 1. The van der Waals surface area contributed by atoms with E-state index in [2.05, 4.69) is 20.3 Å². The number of nitrogens with two attached hydrogens (primary N) is 1. The second-order valence-electron chi connectivity index (χ2n) is 6.08. The minimum atomic E-state index is -3.75. The number of aliphatic hydroxyl groups excluding tert-OH is 1. The number of anilines is 1. The van der Waals surface area contributed by atoms with Crippen LogP contribution in [0.25, 0.3) is 11.2 Å². The smallest absolute Gasteiger partial charge is 0.338 e. The van der Waals surface area contributed by atoms with Gasteiger partial charge in [0.15, 0.2) is 23.1 Å². The first-order chi connectivity index (χ1) is 13.4. The molecular weight excluding hydrogens is 378 g/mol. The van der Waals surface area contributed by atoms with Crippen LogP contribution in [0.2, 0.25) is 0 Å². The zero-order chi connectivity index (χ0) is 19.9. The molecule has 2 aromatic heterocycles. The summed E-state index contributed by atoms with van der Waals surface area (Å²) in [7, 11) is 0. The van der Waals surface area contributed by atoms with Crippen LogP contribution < -0.4 is 5.73 Å². The molecule has 0 bridgehead atoms. The van der Waals surface area contributed by atoms with Crippen LogP contribution in [0.1, 0.15) is 16.6 Å². The summed E-state index contributed by atoms with van der Waals surface area (Å²) >= 11 is 0. The largest absolute Gasteiger partial charge is 0.459 e. The van der Waals surface area contributed by atoms with Crippen molar-refractivity contribution in [3.63, 3.8) is 0 Å². The SMILES string of the molecule is Nc1ncnc2c1nnn2[C@@H]1O[C@H](COC(=O)c2ccccc2)[C@@H](O)C1(F)F. The van der Waals surface area contributed by atoms with Gasteiger partial charge in [-0.15, -0.1) is 5.10 Å². The summed E-state index contributed by atoms with van der Waals surface area (Å²) in [5.41, 5.74) is 5.81. The summed E-state index contributed by atoms with van der Waals surface area (Å²) < 4.78 is 40.2. The van der Waals surface area contributed by atoms with E-state index in [0.29, 0.717) is 0 Å². The standard InChI is InChI=1S/C16H14F2N6O4/c17-16(18)11(25)9(6-27-14(26)8-4-2-1-3-5-8)28-15(16)24-13-10(22-23-24)12(19)20-7-21-13/h1-5,7,9,11,15,25H,6H2,(H2,19,20,21)/t9-,11-,15-/m1/s1. The molecule has 0 amide bonds. The summed E-state index contributed by atoms with van der Waals surface area (Å²) in [5.74, 6) is -4.51. The fourth-order valence-corrected chi connectivity index (χ4v) is 2.83. The molecule has 0 aliphatic carbocycles. The number of alkyl halides is 2. The van der Waals surface area contributed by atoms with Crippen molar-refractivity contribution >= 4 is 23.0 Å².